The second-order valence-electron chi connectivity index (χ2n) is 5.81. The maximum Gasteiger partial charge on any atom is 0.123 e. The number of rotatable bonds is 5. The molecular weight excluding hydrogens is 220 g/mol. The summed E-state index contributed by atoms with van der Waals surface area (Å²) in [6.07, 6.45) is 2.63. The first-order valence-corrected chi connectivity index (χ1v) is 6.36. The van der Waals surface area contributed by atoms with Gasteiger partial charge in [-0.1, -0.05) is 57.7 Å². The summed E-state index contributed by atoms with van der Waals surface area (Å²) in [7, 11) is 0. The van der Waals surface area contributed by atoms with E-state index in [1.807, 2.05) is 6.92 Å². The van der Waals surface area contributed by atoms with E-state index in [0.29, 0.717) is 6.61 Å². The van der Waals surface area contributed by atoms with E-state index < -0.39 is 0 Å². The summed E-state index contributed by atoms with van der Waals surface area (Å²) in [5.41, 5.74) is 3.75. The topological polar surface area (TPSA) is 9.23 Å². The van der Waals surface area contributed by atoms with Crippen LogP contribution >= 0.6 is 0 Å². The van der Waals surface area contributed by atoms with Crippen LogP contribution in [0.4, 0.5) is 0 Å². The Morgan fingerprint density at radius 1 is 1.33 bits per heavy atom. The van der Waals surface area contributed by atoms with Gasteiger partial charge in [-0.3, -0.25) is 0 Å². The fraction of sp³-hybridized carbons (Fsp3) is 0.412. The molecule has 0 saturated carbocycles. The molecular formula is C17H24O. The van der Waals surface area contributed by atoms with E-state index >= 15 is 0 Å². The summed E-state index contributed by atoms with van der Waals surface area (Å²) in [6.45, 7) is 16.9. The Morgan fingerprint density at radius 2 is 2.00 bits per heavy atom. The first kappa shape index (κ1) is 14.6. The van der Waals surface area contributed by atoms with Gasteiger partial charge in [0, 0.05) is 0 Å². The highest BCUT2D eigenvalue weighted by Gasteiger charge is 2.16. The van der Waals surface area contributed by atoms with Crippen LogP contribution in [0.5, 0.6) is 5.75 Å². The van der Waals surface area contributed by atoms with Crippen molar-refractivity contribution in [1.82, 2.24) is 0 Å². The van der Waals surface area contributed by atoms with Gasteiger partial charge < -0.3 is 4.74 Å². The number of hydrogen-bond acceptors (Lipinski definition) is 1. The molecule has 0 unspecified atom stereocenters. The third-order valence-electron chi connectivity index (χ3n) is 2.78. The molecule has 0 atom stereocenters. The minimum atomic E-state index is 0.133. The number of hydrogen-bond donors (Lipinski definition) is 0. The van der Waals surface area contributed by atoms with Crippen molar-refractivity contribution in [3.63, 3.8) is 0 Å². The van der Waals surface area contributed by atoms with Crippen molar-refractivity contribution in [2.45, 2.75) is 39.5 Å². The molecule has 1 aromatic carbocycles. The Morgan fingerprint density at radius 3 is 2.50 bits per heavy atom. The average Bonchev–Trinajstić information content (AvgIpc) is 2.25. The molecule has 98 valence electrons. The molecule has 0 heterocycles. The van der Waals surface area contributed by atoms with E-state index in [0.717, 1.165) is 17.7 Å². The molecule has 0 fully saturated rings. The van der Waals surface area contributed by atoms with Gasteiger partial charge in [0.1, 0.15) is 12.4 Å². The van der Waals surface area contributed by atoms with Crippen molar-refractivity contribution in [1.29, 1.82) is 0 Å². The zero-order valence-corrected chi connectivity index (χ0v) is 12.0. The molecule has 1 nitrogen and oxygen atoms in total. The van der Waals surface area contributed by atoms with Crippen molar-refractivity contribution in [3.8, 4) is 5.75 Å². The molecule has 0 saturated heterocycles. The Balaban J connectivity index is 3.11. The molecule has 0 radical (unpaired) electrons. The van der Waals surface area contributed by atoms with Gasteiger partial charge in [-0.05, 0) is 36.0 Å². The molecule has 0 aliphatic heterocycles. The van der Waals surface area contributed by atoms with Crippen molar-refractivity contribution >= 4 is 0 Å². The lowest BCUT2D eigenvalue weighted by atomic mass is 9.86. The monoisotopic (exact) mass is 244 g/mol. The summed E-state index contributed by atoms with van der Waals surface area (Å²) in [4.78, 5) is 0. The number of allylic oxidation sites excluding steroid dienone is 1. The largest absolute Gasteiger partial charge is 0.489 e. The van der Waals surface area contributed by atoms with Crippen LogP contribution in [0.3, 0.4) is 0 Å². The molecule has 0 bridgehead atoms. The summed E-state index contributed by atoms with van der Waals surface area (Å²) in [5.74, 6) is 0.949. The van der Waals surface area contributed by atoms with E-state index in [4.69, 9.17) is 4.74 Å². The van der Waals surface area contributed by atoms with Crippen LogP contribution in [0.25, 0.3) is 0 Å². The van der Waals surface area contributed by atoms with Gasteiger partial charge in [0.25, 0.3) is 0 Å². The van der Waals surface area contributed by atoms with Gasteiger partial charge in [-0.2, -0.15) is 0 Å². The third-order valence-corrected chi connectivity index (χ3v) is 2.78. The molecule has 1 heteroatoms. The minimum Gasteiger partial charge on any atom is -0.489 e. The smallest absolute Gasteiger partial charge is 0.123 e. The number of benzene rings is 1. The number of ether oxygens (including phenoxy) is 1. The molecule has 1 aromatic rings. The molecule has 0 spiro atoms. The molecule has 0 aliphatic carbocycles. The molecule has 0 N–H and O–H groups in total. The van der Waals surface area contributed by atoms with Gasteiger partial charge in [0.15, 0.2) is 0 Å². The lowest BCUT2D eigenvalue weighted by molar-refractivity contribution is 0.358. The fourth-order valence-corrected chi connectivity index (χ4v) is 1.78. The Kier molecular flexibility index (Phi) is 4.77. The van der Waals surface area contributed by atoms with E-state index in [9.17, 15) is 0 Å². The molecule has 0 aromatic heterocycles. The van der Waals surface area contributed by atoms with E-state index in [-0.39, 0.29) is 5.41 Å². The van der Waals surface area contributed by atoms with Crippen LogP contribution < -0.4 is 4.74 Å². The highest BCUT2D eigenvalue weighted by molar-refractivity contribution is 5.41. The zero-order chi connectivity index (χ0) is 13.8. The van der Waals surface area contributed by atoms with Gasteiger partial charge in [0.2, 0.25) is 0 Å². The van der Waals surface area contributed by atoms with Crippen LogP contribution in [0.15, 0.2) is 43.0 Å². The fourth-order valence-electron chi connectivity index (χ4n) is 1.78. The minimum absolute atomic E-state index is 0.133. The summed E-state index contributed by atoms with van der Waals surface area (Å²) < 4.78 is 5.76. The molecule has 0 aliphatic rings. The highest BCUT2D eigenvalue weighted by atomic mass is 16.5. The van der Waals surface area contributed by atoms with E-state index in [1.54, 1.807) is 6.08 Å². The van der Waals surface area contributed by atoms with Crippen LogP contribution in [-0.4, -0.2) is 6.61 Å². The molecule has 0 amide bonds. The van der Waals surface area contributed by atoms with Gasteiger partial charge >= 0.3 is 0 Å². The summed E-state index contributed by atoms with van der Waals surface area (Å²) >= 11 is 0. The second kappa shape index (κ2) is 5.90. The Hall–Kier alpha value is -1.50. The molecule has 1 rings (SSSR count). The SMILES string of the molecule is C=CCOc1cc(C(C)(C)C)ccc1CC(=C)C. The van der Waals surface area contributed by atoms with Crippen molar-refractivity contribution in [3.05, 3.63) is 54.1 Å². The summed E-state index contributed by atoms with van der Waals surface area (Å²) in [6, 6.07) is 6.47. The summed E-state index contributed by atoms with van der Waals surface area (Å²) in [5, 5.41) is 0. The predicted octanol–water partition coefficient (Wildman–Crippen LogP) is 4.67. The molecule has 18 heavy (non-hydrogen) atoms. The van der Waals surface area contributed by atoms with Gasteiger partial charge in [-0.25, -0.2) is 0 Å². The van der Waals surface area contributed by atoms with Gasteiger partial charge in [-0.15, -0.1) is 0 Å². The maximum atomic E-state index is 5.76. The zero-order valence-electron chi connectivity index (χ0n) is 12.0. The average molecular weight is 244 g/mol. The van der Waals surface area contributed by atoms with Gasteiger partial charge in [0.05, 0.1) is 0 Å². The van der Waals surface area contributed by atoms with Crippen molar-refractivity contribution in [2.24, 2.45) is 0 Å². The first-order chi connectivity index (χ1) is 8.34. The van der Waals surface area contributed by atoms with E-state index in [2.05, 4.69) is 52.1 Å². The second-order valence-corrected chi connectivity index (χ2v) is 5.81. The lowest BCUT2D eigenvalue weighted by Gasteiger charge is -2.21. The first-order valence-electron chi connectivity index (χ1n) is 6.36. The van der Waals surface area contributed by atoms with Crippen LogP contribution in [-0.2, 0) is 11.8 Å². The Bertz CT molecular complexity index is 435. The van der Waals surface area contributed by atoms with Crippen molar-refractivity contribution < 1.29 is 4.74 Å². The quantitative estimate of drug-likeness (QED) is 0.684. The normalized spacial score (nSPS) is 11.1. The lowest BCUT2D eigenvalue weighted by Crippen LogP contribution is -2.12. The van der Waals surface area contributed by atoms with Crippen molar-refractivity contribution in [2.75, 3.05) is 6.61 Å². The maximum absolute atomic E-state index is 5.76. The third kappa shape index (κ3) is 4.06. The van der Waals surface area contributed by atoms with E-state index in [1.165, 1.54) is 11.1 Å². The standard InChI is InChI=1S/C17H24O/c1-7-10-18-16-12-15(17(4,5)6)9-8-14(16)11-13(2)3/h7-9,12H,1-2,10-11H2,3-6H3. The van der Waals surface area contributed by atoms with Crippen LogP contribution in [0.2, 0.25) is 0 Å². The highest BCUT2D eigenvalue weighted by Crippen LogP contribution is 2.29. The Labute approximate surface area is 111 Å². The van der Waals surface area contributed by atoms with Crippen LogP contribution in [0.1, 0.15) is 38.8 Å². The van der Waals surface area contributed by atoms with Crippen LogP contribution in [0, 0.1) is 0 Å². The predicted molar refractivity (Wildman–Crippen MR) is 79.4 cm³/mol.